The highest BCUT2D eigenvalue weighted by atomic mass is 32.1. The van der Waals surface area contributed by atoms with Crippen LogP contribution in [-0.4, -0.2) is 16.9 Å². The summed E-state index contributed by atoms with van der Waals surface area (Å²) in [6, 6.07) is -0.103. The fraction of sp³-hybridized carbons (Fsp3) is 0.857. The maximum atomic E-state index is 12.1. The number of hydrogen-bond donors (Lipinski definition) is 2. The lowest BCUT2D eigenvalue weighted by Gasteiger charge is -2.31. The highest BCUT2D eigenvalue weighted by Gasteiger charge is 2.28. The second-order valence-corrected chi connectivity index (χ2v) is 5.77. The van der Waals surface area contributed by atoms with Crippen LogP contribution < -0.4 is 11.1 Å². The predicted octanol–water partition coefficient (Wildman–Crippen LogP) is 2.77. The van der Waals surface area contributed by atoms with Crippen LogP contribution >= 0.6 is 12.2 Å². The van der Waals surface area contributed by atoms with Crippen molar-refractivity contribution in [2.24, 2.45) is 17.6 Å². The van der Waals surface area contributed by atoms with E-state index in [-0.39, 0.29) is 17.9 Å². The van der Waals surface area contributed by atoms with E-state index in [0.717, 1.165) is 25.7 Å². The summed E-state index contributed by atoms with van der Waals surface area (Å²) in [5.74, 6) is 0.642. The fourth-order valence-corrected chi connectivity index (χ4v) is 3.07. The molecule has 0 aromatic carbocycles. The van der Waals surface area contributed by atoms with Gasteiger partial charge in [-0.15, -0.1) is 0 Å². The maximum Gasteiger partial charge on any atom is 0.223 e. The number of rotatable bonds is 6. The first-order chi connectivity index (χ1) is 8.60. The normalized spacial score (nSPS) is 18.6. The highest BCUT2D eigenvalue weighted by Crippen LogP contribution is 2.27. The van der Waals surface area contributed by atoms with Crippen molar-refractivity contribution < 1.29 is 4.79 Å². The summed E-state index contributed by atoms with van der Waals surface area (Å²) in [6.45, 7) is 4.09. The van der Waals surface area contributed by atoms with Gasteiger partial charge in [0.05, 0.1) is 11.0 Å². The molecule has 0 saturated heterocycles. The quantitative estimate of drug-likeness (QED) is 0.730. The van der Waals surface area contributed by atoms with Gasteiger partial charge in [-0.2, -0.15) is 0 Å². The van der Waals surface area contributed by atoms with Crippen molar-refractivity contribution in [2.45, 2.75) is 64.8 Å². The van der Waals surface area contributed by atoms with E-state index < -0.39 is 0 Å². The van der Waals surface area contributed by atoms with Crippen molar-refractivity contribution in [3.8, 4) is 0 Å². The molecule has 0 aromatic rings. The third-order valence-corrected chi connectivity index (χ3v) is 4.34. The van der Waals surface area contributed by atoms with E-state index in [2.05, 4.69) is 5.32 Å². The van der Waals surface area contributed by atoms with Gasteiger partial charge in [0.15, 0.2) is 0 Å². The molecule has 1 aliphatic carbocycles. The van der Waals surface area contributed by atoms with Gasteiger partial charge in [-0.1, -0.05) is 45.3 Å². The molecule has 0 bridgehead atoms. The van der Waals surface area contributed by atoms with Crippen molar-refractivity contribution in [2.75, 3.05) is 0 Å². The first-order valence-corrected chi connectivity index (χ1v) is 7.60. The lowest BCUT2D eigenvalue weighted by atomic mass is 9.83. The number of nitrogens with one attached hydrogen (secondary N) is 1. The van der Waals surface area contributed by atoms with Gasteiger partial charge in [0.2, 0.25) is 5.91 Å². The molecule has 0 aliphatic heterocycles. The zero-order valence-corrected chi connectivity index (χ0v) is 12.4. The van der Waals surface area contributed by atoms with Crippen LogP contribution in [-0.2, 0) is 4.79 Å². The Hall–Kier alpha value is -0.640. The van der Waals surface area contributed by atoms with E-state index in [1.165, 1.54) is 19.3 Å². The Labute approximate surface area is 116 Å². The highest BCUT2D eigenvalue weighted by molar-refractivity contribution is 7.80. The van der Waals surface area contributed by atoms with Crippen LogP contribution in [0.2, 0.25) is 0 Å². The Morgan fingerprint density at radius 2 is 1.83 bits per heavy atom. The van der Waals surface area contributed by atoms with Crippen molar-refractivity contribution >= 4 is 23.1 Å². The molecule has 1 rings (SSSR count). The standard InChI is InChI=1S/C14H26N2OS/c1-3-10(4-2)14(17)16-12(13(15)18)11-8-6-5-7-9-11/h10-12H,3-9H2,1-2H3,(H2,15,18)(H,16,17). The zero-order valence-electron chi connectivity index (χ0n) is 11.6. The van der Waals surface area contributed by atoms with Gasteiger partial charge in [0.25, 0.3) is 0 Å². The van der Waals surface area contributed by atoms with Crippen molar-refractivity contribution in [3.63, 3.8) is 0 Å². The second-order valence-electron chi connectivity index (χ2n) is 5.30. The zero-order chi connectivity index (χ0) is 13.5. The maximum absolute atomic E-state index is 12.1. The average molecular weight is 270 g/mol. The SMILES string of the molecule is CCC(CC)C(=O)NC(C(N)=S)C1CCCCC1. The molecule has 0 spiro atoms. The van der Waals surface area contributed by atoms with Gasteiger partial charge < -0.3 is 11.1 Å². The Morgan fingerprint density at radius 3 is 2.28 bits per heavy atom. The number of amides is 1. The van der Waals surface area contributed by atoms with E-state index in [4.69, 9.17) is 18.0 Å². The number of hydrogen-bond acceptors (Lipinski definition) is 2. The predicted molar refractivity (Wildman–Crippen MR) is 79.4 cm³/mol. The molecule has 0 heterocycles. The van der Waals surface area contributed by atoms with Gasteiger partial charge >= 0.3 is 0 Å². The molecule has 0 radical (unpaired) electrons. The summed E-state index contributed by atoms with van der Waals surface area (Å²) in [7, 11) is 0. The first-order valence-electron chi connectivity index (χ1n) is 7.19. The average Bonchev–Trinajstić information content (AvgIpc) is 2.38. The Kier molecular flexibility index (Phi) is 6.61. The van der Waals surface area contributed by atoms with Crippen LogP contribution in [0.25, 0.3) is 0 Å². The minimum absolute atomic E-state index is 0.0884. The third kappa shape index (κ3) is 4.23. The molecule has 1 unspecified atom stereocenters. The monoisotopic (exact) mass is 270 g/mol. The Morgan fingerprint density at radius 1 is 1.28 bits per heavy atom. The molecule has 1 atom stereocenters. The molecule has 3 N–H and O–H groups in total. The molecule has 1 amide bonds. The van der Waals surface area contributed by atoms with Crippen molar-refractivity contribution in [1.29, 1.82) is 0 Å². The van der Waals surface area contributed by atoms with Crippen molar-refractivity contribution in [1.82, 2.24) is 5.32 Å². The van der Waals surface area contributed by atoms with Crippen LogP contribution in [0.15, 0.2) is 0 Å². The third-order valence-electron chi connectivity index (χ3n) is 4.08. The van der Waals surface area contributed by atoms with E-state index >= 15 is 0 Å². The summed E-state index contributed by atoms with van der Waals surface area (Å²) < 4.78 is 0. The van der Waals surface area contributed by atoms with Gasteiger partial charge in [0, 0.05) is 5.92 Å². The van der Waals surface area contributed by atoms with Gasteiger partial charge in [-0.25, -0.2) is 0 Å². The number of carbonyl (C=O) groups is 1. The molecular formula is C14H26N2OS. The molecule has 18 heavy (non-hydrogen) atoms. The van der Waals surface area contributed by atoms with Crippen LogP contribution in [0, 0.1) is 11.8 Å². The van der Waals surface area contributed by atoms with Crippen LogP contribution in [0.3, 0.4) is 0 Å². The number of nitrogens with two attached hydrogens (primary N) is 1. The lowest BCUT2D eigenvalue weighted by Crippen LogP contribution is -2.50. The van der Waals surface area contributed by atoms with Gasteiger partial charge in [0.1, 0.15) is 0 Å². The molecule has 104 valence electrons. The van der Waals surface area contributed by atoms with E-state index in [1.54, 1.807) is 0 Å². The van der Waals surface area contributed by atoms with Crippen LogP contribution in [0.5, 0.6) is 0 Å². The molecule has 1 aliphatic rings. The second kappa shape index (κ2) is 7.72. The van der Waals surface area contributed by atoms with Gasteiger partial charge in [-0.05, 0) is 31.6 Å². The van der Waals surface area contributed by atoms with Crippen LogP contribution in [0.4, 0.5) is 0 Å². The molecule has 3 nitrogen and oxygen atoms in total. The van der Waals surface area contributed by atoms with E-state index in [0.29, 0.717) is 10.9 Å². The first kappa shape index (κ1) is 15.4. The fourth-order valence-electron chi connectivity index (χ4n) is 2.82. The molecule has 0 aromatic heterocycles. The summed E-state index contributed by atoms with van der Waals surface area (Å²) in [6.07, 6.45) is 7.75. The smallest absolute Gasteiger partial charge is 0.223 e. The summed E-state index contributed by atoms with van der Waals surface area (Å²) in [5, 5.41) is 3.08. The molecule has 1 fully saturated rings. The minimum atomic E-state index is -0.103. The number of thiocarbonyl (C=S) groups is 1. The van der Waals surface area contributed by atoms with E-state index in [9.17, 15) is 4.79 Å². The molecule has 4 heteroatoms. The van der Waals surface area contributed by atoms with E-state index in [1.807, 2.05) is 13.8 Å². The summed E-state index contributed by atoms with van der Waals surface area (Å²) >= 11 is 5.14. The molecule has 1 saturated carbocycles. The Balaban J connectivity index is 2.62. The summed E-state index contributed by atoms with van der Waals surface area (Å²) in [4.78, 5) is 12.6. The molecular weight excluding hydrogens is 244 g/mol. The summed E-state index contributed by atoms with van der Waals surface area (Å²) in [5.41, 5.74) is 5.82. The largest absolute Gasteiger partial charge is 0.392 e. The Bertz CT molecular complexity index is 284. The van der Waals surface area contributed by atoms with Gasteiger partial charge in [-0.3, -0.25) is 4.79 Å². The number of carbonyl (C=O) groups excluding carboxylic acids is 1. The minimum Gasteiger partial charge on any atom is -0.392 e. The lowest BCUT2D eigenvalue weighted by molar-refractivity contribution is -0.125. The topological polar surface area (TPSA) is 55.1 Å². The van der Waals surface area contributed by atoms with Crippen molar-refractivity contribution in [3.05, 3.63) is 0 Å². The van der Waals surface area contributed by atoms with Crippen LogP contribution in [0.1, 0.15) is 58.8 Å².